The summed E-state index contributed by atoms with van der Waals surface area (Å²) in [6.45, 7) is 3.38. The first kappa shape index (κ1) is 22.8. The smallest absolute Gasteiger partial charge is 0.364 e. The standard InChI is InChI=1S/C24H21FN2O5/c1-23(2)17(11-18(25)21(28)29)20(23)22(30)31-19(13-26)15-7-6-10-24(12-15,14-27)32-16-8-4-3-5-9-16/h3-11,17,19-20H,12H2,1-2H3,(H,28,29)/b18-11-/t17-,19+,20-,24?/m0/s1. The third-order valence-corrected chi connectivity index (χ3v) is 5.76. The molecule has 8 heteroatoms. The molecule has 0 amide bonds. The number of para-hydroxylation sites is 1. The van der Waals surface area contributed by atoms with Gasteiger partial charge in [-0.15, -0.1) is 0 Å². The van der Waals surface area contributed by atoms with E-state index in [-0.39, 0.29) is 6.42 Å². The Kier molecular flexibility index (Phi) is 6.18. The summed E-state index contributed by atoms with van der Waals surface area (Å²) >= 11 is 0. The summed E-state index contributed by atoms with van der Waals surface area (Å²) in [5, 5.41) is 28.1. The zero-order valence-electron chi connectivity index (χ0n) is 17.5. The number of halogens is 1. The van der Waals surface area contributed by atoms with Gasteiger partial charge in [0.1, 0.15) is 17.9 Å². The Balaban J connectivity index is 1.73. The second kappa shape index (κ2) is 8.68. The lowest BCUT2D eigenvalue weighted by Crippen LogP contribution is -2.36. The first-order valence-electron chi connectivity index (χ1n) is 9.88. The summed E-state index contributed by atoms with van der Waals surface area (Å²) in [5.41, 5.74) is -1.71. The van der Waals surface area contributed by atoms with Crippen LogP contribution in [0.2, 0.25) is 0 Å². The molecule has 1 N–H and O–H groups in total. The second-order valence-electron chi connectivity index (χ2n) is 8.28. The van der Waals surface area contributed by atoms with Gasteiger partial charge in [0.2, 0.25) is 17.5 Å². The van der Waals surface area contributed by atoms with Crippen LogP contribution in [0.15, 0.2) is 66.0 Å². The molecule has 0 aromatic heterocycles. The van der Waals surface area contributed by atoms with Gasteiger partial charge in [0, 0.05) is 6.42 Å². The first-order valence-corrected chi connectivity index (χ1v) is 9.88. The van der Waals surface area contributed by atoms with Crippen LogP contribution in [0.5, 0.6) is 5.75 Å². The van der Waals surface area contributed by atoms with Crippen molar-refractivity contribution < 1.29 is 28.6 Å². The molecule has 1 aromatic rings. The predicted molar refractivity (Wildman–Crippen MR) is 110 cm³/mol. The summed E-state index contributed by atoms with van der Waals surface area (Å²) in [6.07, 6.45) is 4.35. The normalized spacial score (nSPS) is 26.7. The van der Waals surface area contributed by atoms with E-state index in [9.17, 15) is 24.5 Å². The van der Waals surface area contributed by atoms with Crippen molar-refractivity contribution >= 4 is 11.9 Å². The molecule has 2 aliphatic rings. The number of carbonyl (C=O) groups is 2. The van der Waals surface area contributed by atoms with Gasteiger partial charge in [-0.25, -0.2) is 4.79 Å². The van der Waals surface area contributed by atoms with Gasteiger partial charge in [0.15, 0.2) is 0 Å². The molecule has 4 atom stereocenters. The van der Waals surface area contributed by atoms with Gasteiger partial charge in [-0.1, -0.05) is 44.2 Å². The maximum atomic E-state index is 13.5. The molecule has 2 aliphatic carbocycles. The maximum absolute atomic E-state index is 13.5. The van der Waals surface area contributed by atoms with Crippen molar-refractivity contribution in [2.24, 2.45) is 17.3 Å². The van der Waals surface area contributed by atoms with Crippen molar-refractivity contribution in [1.82, 2.24) is 0 Å². The Labute approximate surface area is 184 Å². The molecular formula is C24H21FN2O5. The molecule has 7 nitrogen and oxygen atoms in total. The van der Waals surface area contributed by atoms with Gasteiger partial charge in [0.25, 0.3) is 0 Å². The largest absolute Gasteiger partial charge is 0.476 e. The minimum absolute atomic E-state index is 0.00539. The molecule has 1 unspecified atom stereocenters. The van der Waals surface area contributed by atoms with Gasteiger partial charge in [0.05, 0.1) is 5.92 Å². The third kappa shape index (κ3) is 4.55. The summed E-state index contributed by atoms with van der Waals surface area (Å²) in [5.74, 6) is -4.76. The molecule has 1 saturated carbocycles. The van der Waals surface area contributed by atoms with Gasteiger partial charge in [-0.2, -0.15) is 14.9 Å². The first-order chi connectivity index (χ1) is 15.1. The number of carboxylic acids is 1. The van der Waals surface area contributed by atoms with Crippen LogP contribution in [0.4, 0.5) is 4.39 Å². The number of esters is 1. The molecule has 0 aliphatic heterocycles. The van der Waals surface area contributed by atoms with Crippen molar-refractivity contribution in [3.8, 4) is 17.9 Å². The summed E-state index contributed by atoms with van der Waals surface area (Å²) in [6, 6.07) is 12.8. The zero-order chi connectivity index (χ0) is 23.5. The molecule has 0 saturated heterocycles. The lowest BCUT2D eigenvalue weighted by Gasteiger charge is -2.29. The molecule has 164 valence electrons. The monoisotopic (exact) mass is 436 g/mol. The van der Waals surface area contributed by atoms with Crippen LogP contribution in [0.25, 0.3) is 0 Å². The highest BCUT2D eigenvalue weighted by molar-refractivity contribution is 5.85. The average Bonchev–Trinajstić information content (AvgIpc) is 3.32. The van der Waals surface area contributed by atoms with E-state index in [1.807, 2.05) is 12.1 Å². The van der Waals surface area contributed by atoms with Crippen LogP contribution in [0.3, 0.4) is 0 Å². The maximum Gasteiger partial charge on any atom is 0.364 e. The number of carbonyl (C=O) groups excluding carboxylic acids is 1. The molecule has 3 rings (SSSR count). The summed E-state index contributed by atoms with van der Waals surface area (Å²) < 4.78 is 24.8. The second-order valence-corrected chi connectivity index (χ2v) is 8.28. The number of rotatable bonds is 7. The van der Waals surface area contributed by atoms with E-state index in [0.29, 0.717) is 11.3 Å². The number of hydrogen-bond acceptors (Lipinski definition) is 6. The van der Waals surface area contributed by atoms with Crippen molar-refractivity contribution in [2.45, 2.75) is 32.0 Å². The number of ether oxygens (including phenoxy) is 2. The SMILES string of the molecule is CC1(C)[C@H](C(=O)O[C@H](C#N)C2=CC=CC(C#N)(Oc3ccccc3)C2)[C@@H]1/C=C(\F)C(=O)O. The Hall–Kier alpha value is -3.91. The van der Waals surface area contributed by atoms with Crippen molar-refractivity contribution in [1.29, 1.82) is 10.5 Å². The molecular weight excluding hydrogens is 415 g/mol. The van der Waals surface area contributed by atoms with E-state index >= 15 is 0 Å². The predicted octanol–water partition coefficient (Wildman–Crippen LogP) is 3.86. The Bertz CT molecular complexity index is 1090. The van der Waals surface area contributed by atoms with Crippen LogP contribution in [0.1, 0.15) is 20.3 Å². The van der Waals surface area contributed by atoms with E-state index in [4.69, 9.17) is 14.6 Å². The van der Waals surface area contributed by atoms with E-state index in [1.54, 1.807) is 56.3 Å². The zero-order valence-corrected chi connectivity index (χ0v) is 17.5. The minimum Gasteiger partial charge on any atom is -0.476 e. The summed E-state index contributed by atoms with van der Waals surface area (Å²) in [7, 11) is 0. The number of carboxylic acid groups (broad SMARTS) is 1. The lowest BCUT2D eigenvalue weighted by atomic mass is 9.88. The number of benzene rings is 1. The van der Waals surface area contributed by atoms with Gasteiger partial charge in [-0.05, 0) is 41.2 Å². The average molecular weight is 436 g/mol. The van der Waals surface area contributed by atoms with Crippen molar-refractivity contribution in [3.63, 3.8) is 0 Å². The molecule has 0 bridgehead atoms. The highest BCUT2D eigenvalue weighted by atomic mass is 19.1. The molecule has 0 heterocycles. The van der Waals surface area contributed by atoms with E-state index in [1.165, 1.54) is 0 Å². The number of hydrogen-bond donors (Lipinski definition) is 1. The van der Waals surface area contributed by atoms with Crippen LogP contribution in [0, 0.1) is 39.9 Å². The van der Waals surface area contributed by atoms with Gasteiger partial charge >= 0.3 is 11.9 Å². The third-order valence-electron chi connectivity index (χ3n) is 5.76. The molecule has 1 fully saturated rings. The summed E-state index contributed by atoms with van der Waals surface area (Å²) in [4.78, 5) is 23.4. The van der Waals surface area contributed by atoms with E-state index in [0.717, 1.165) is 6.08 Å². The van der Waals surface area contributed by atoms with Crippen LogP contribution >= 0.6 is 0 Å². The number of aliphatic carboxylic acids is 1. The number of allylic oxidation sites excluding steroid dienone is 3. The number of nitrogens with zero attached hydrogens (tertiary/aromatic N) is 2. The molecule has 0 radical (unpaired) electrons. The highest BCUT2D eigenvalue weighted by Crippen LogP contribution is 2.60. The lowest BCUT2D eigenvalue weighted by molar-refractivity contribution is -0.148. The molecule has 32 heavy (non-hydrogen) atoms. The van der Waals surface area contributed by atoms with Crippen LogP contribution in [-0.2, 0) is 14.3 Å². The van der Waals surface area contributed by atoms with Gasteiger partial charge < -0.3 is 14.6 Å². The van der Waals surface area contributed by atoms with Crippen molar-refractivity contribution in [3.05, 3.63) is 66.0 Å². The fourth-order valence-electron chi connectivity index (χ4n) is 3.84. The van der Waals surface area contributed by atoms with E-state index in [2.05, 4.69) is 6.07 Å². The van der Waals surface area contributed by atoms with Crippen LogP contribution in [-0.4, -0.2) is 28.8 Å². The minimum atomic E-state index is -1.71. The Morgan fingerprint density at radius 1 is 1.28 bits per heavy atom. The Morgan fingerprint density at radius 3 is 2.56 bits per heavy atom. The molecule has 0 spiro atoms. The number of nitriles is 2. The quantitative estimate of drug-likeness (QED) is 0.509. The van der Waals surface area contributed by atoms with Crippen LogP contribution < -0.4 is 4.74 Å². The molecule has 1 aromatic carbocycles. The topological polar surface area (TPSA) is 120 Å². The van der Waals surface area contributed by atoms with Gasteiger partial charge in [-0.3, -0.25) is 4.79 Å². The fraction of sp³-hybridized carbons (Fsp3) is 0.333. The highest BCUT2D eigenvalue weighted by Gasteiger charge is 2.62. The van der Waals surface area contributed by atoms with Crippen molar-refractivity contribution in [2.75, 3.05) is 0 Å². The fourth-order valence-corrected chi connectivity index (χ4v) is 3.84. The Morgan fingerprint density at radius 2 is 1.97 bits per heavy atom. The van der Waals surface area contributed by atoms with E-state index < -0.39 is 46.7 Å².